The molecule has 31 heavy (non-hydrogen) atoms. The number of carbonyl (C=O) groups is 1. The SMILES string of the molecule is C=CCn1c(=NC(=O)C2CCCCN2S(=O)(=O)c2cccs2)sc2cc(OC)ccc21. The van der Waals surface area contributed by atoms with Crippen LogP contribution in [0, 0.1) is 0 Å². The molecule has 7 nitrogen and oxygen atoms in total. The predicted molar refractivity (Wildman–Crippen MR) is 123 cm³/mol. The van der Waals surface area contributed by atoms with E-state index >= 15 is 0 Å². The average molecular weight is 478 g/mol. The van der Waals surface area contributed by atoms with Crippen LogP contribution in [0.2, 0.25) is 0 Å². The molecule has 1 atom stereocenters. The molecule has 1 aromatic carbocycles. The third-order valence-corrected chi connectivity index (χ3v) is 9.53. The maximum atomic E-state index is 13.2. The van der Waals surface area contributed by atoms with Crippen LogP contribution in [-0.4, -0.2) is 42.9 Å². The Kier molecular flexibility index (Phi) is 6.42. The van der Waals surface area contributed by atoms with Gasteiger partial charge in [0.1, 0.15) is 16.0 Å². The summed E-state index contributed by atoms with van der Waals surface area (Å²) in [4.78, 5) is 18.1. The molecule has 10 heteroatoms. The van der Waals surface area contributed by atoms with Crippen LogP contribution in [0.4, 0.5) is 0 Å². The molecular formula is C21H23N3O4S3. The number of allylic oxidation sites excluding steroid dienone is 1. The second kappa shape index (κ2) is 9.07. The first kappa shape index (κ1) is 21.9. The fraction of sp³-hybridized carbons (Fsp3) is 0.333. The lowest BCUT2D eigenvalue weighted by Gasteiger charge is -2.31. The third-order valence-electron chi connectivity index (χ3n) is 5.20. The van der Waals surface area contributed by atoms with Gasteiger partial charge < -0.3 is 9.30 Å². The number of amides is 1. The van der Waals surface area contributed by atoms with Crippen molar-refractivity contribution in [3.63, 3.8) is 0 Å². The maximum absolute atomic E-state index is 13.2. The van der Waals surface area contributed by atoms with Gasteiger partial charge in [-0.1, -0.05) is 29.9 Å². The van der Waals surface area contributed by atoms with Gasteiger partial charge in [-0.3, -0.25) is 4.79 Å². The van der Waals surface area contributed by atoms with Gasteiger partial charge in [0.2, 0.25) is 0 Å². The maximum Gasteiger partial charge on any atom is 0.266 e. The zero-order chi connectivity index (χ0) is 22.0. The van der Waals surface area contributed by atoms with Crippen LogP contribution < -0.4 is 9.54 Å². The minimum atomic E-state index is -3.72. The average Bonchev–Trinajstić information content (AvgIpc) is 3.43. The number of methoxy groups -OCH3 is 1. The second-order valence-corrected chi connectivity index (χ2v) is 11.2. The summed E-state index contributed by atoms with van der Waals surface area (Å²) in [7, 11) is -2.12. The molecule has 0 aliphatic carbocycles. The Morgan fingerprint density at radius 3 is 2.90 bits per heavy atom. The molecule has 0 saturated carbocycles. The van der Waals surface area contributed by atoms with Crippen LogP contribution in [0.3, 0.4) is 0 Å². The van der Waals surface area contributed by atoms with Gasteiger partial charge in [-0.2, -0.15) is 9.30 Å². The quantitative estimate of drug-likeness (QED) is 0.508. The molecule has 1 aliphatic heterocycles. The molecule has 0 N–H and O–H groups in total. The Morgan fingerprint density at radius 1 is 1.35 bits per heavy atom. The van der Waals surface area contributed by atoms with Gasteiger partial charge in [0, 0.05) is 13.1 Å². The summed E-state index contributed by atoms with van der Waals surface area (Å²) in [5, 5.41) is 1.72. The Bertz CT molecular complexity index is 1270. The first-order chi connectivity index (χ1) is 15.0. The number of piperidine rings is 1. The number of nitrogens with zero attached hydrogens (tertiary/aromatic N) is 3. The van der Waals surface area contributed by atoms with E-state index in [0.29, 0.717) is 24.3 Å². The fourth-order valence-electron chi connectivity index (χ4n) is 3.71. The van der Waals surface area contributed by atoms with Crippen molar-refractivity contribution < 1.29 is 17.9 Å². The fourth-order valence-corrected chi connectivity index (χ4v) is 7.55. The molecule has 1 fully saturated rings. The molecule has 164 valence electrons. The molecule has 1 aliphatic rings. The number of thiophene rings is 1. The van der Waals surface area contributed by atoms with E-state index in [1.54, 1.807) is 30.7 Å². The number of aromatic nitrogens is 1. The zero-order valence-corrected chi connectivity index (χ0v) is 19.5. The number of thiazole rings is 1. The van der Waals surface area contributed by atoms with Crippen LogP contribution in [0.15, 0.2) is 57.6 Å². The lowest BCUT2D eigenvalue weighted by Crippen LogP contribution is -2.47. The number of ether oxygens (including phenoxy) is 1. The number of rotatable bonds is 6. The Labute approximate surface area is 189 Å². The monoisotopic (exact) mass is 477 g/mol. The van der Waals surface area contributed by atoms with Crippen molar-refractivity contribution >= 4 is 48.8 Å². The van der Waals surface area contributed by atoms with Crippen molar-refractivity contribution in [1.82, 2.24) is 8.87 Å². The molecule has 3 heterocycles. The van der Waals surface area contributed by atoms with Crippen LogP contribution in [0.1, 0.15) is 19.3 Å². The van der Waals surface area contributed by atoms with Gasteiger partial charge in [-0.15, -0.1) is 17.9 Å². The zero-order valence-electron chi connectivity index (χ0n) is 17.1. The summed E-state index contributed by atoms with van der Waals surface area (Å²) in [6, 6.07) is 8.16. The number of carbonyl (C=O) groups excluding carboxylic acids is 1. The van der Waals surface area contributed by atoms with Crippen molar-refractivity contribution in [3.8, 4) is 5.75 Å². The van der Waals surface area contributed by atoms with Gasteiger partial charge in [-0.05, 0) is 42.5 Å². The first-order valence-electron chi connectivity index (χ1n) is 9.88. The number of benzene rings is 1. The van der Waals surface area contributed by atoms with E-state index in [9.17, 15) is 13.2 Å². The molecule has 2 aromatic heterocycles. The molecule has 1 amide bonds. The van der Waals surface area contributed by atoms with Crippen LogP contribution in [0.5, 0.6) is 5.75 Å². The molecule has 0 radical (unpaired) electrons. The number of hydrogen-bond acceptors (Lipinski definition) is 6. The predicted octanol–water partition coefficient (Wildman–Crippen LogP) is 3.63. The molecule has 4 rings (SSSR count). The van der Waals surface area contributed by atoms with Gasteiger partial charge >= 0.3 is 0 Å². The minimum absolute atomic E-state index is 0.253. The van der Waals surface area contributed by atoms with Crippen molar-refractivity contribution in [3.05, 3.63) is 53.2 Å². The molecule has 3 aromatic rings. The second-order valence-electron chi connectivity index (χ2n) is 7.13. The summed E-state index contributed by atoms with van der Waals surface area (Å²) < 4.78 is 35.9. The molecule has 0 spiro atoms. The van der Waals surface area contributed by atoms with E-state index in [0.717, 1.165) is 40.1 Å². The Hall–Kier alpha value is -2.27. The lowest BCUT2D eigenvalue weighted by atomic mass is 10.0. The lowest BCUT2D eigenvalue weighted by molar-refractivity contribution is -0.122. The van der Waals surface area contributed by atoms with Crippen molar-refractivity contribution in [2.24, 2.45) is 4.99 Å². The highest BCUT2D eigenvalue weighted by molar-refractivity contribution is 7.91. The normalized spacial score (nSPS) is 18.4. The highest BCUT2D eigenvalue weighted by Crippen LogP contribution is 2.29. The van der Waals surface area contributed by atoms with E-state index in [4.69, 9.17) is 4.74 Å². The van der Waals surface area contributed by atoms with Crippen LogP contribution in [-0.2, 0) is 21.4 Å². The number of sulfonamides is 1. The number of hydrogen-bond donors (Lipinski definition) is 0. The smallest absolute Gasteiger partial charge is 0.266 e. The highest BCUT2D eigenvalue weighted by Gasteiger charge is 2.38. The Balaban J connectivity index is 1.75. The first-order valence-corrected chi connectivity index (χ1v) is 13.0. The van der Waals surface area contributed by atoms with E-state index < -0.39 is 22.0 Å². The van der Waals surface area contributed by atoms with Crippen LogP contribution in [0.25, 0.3) is 10.2 Å². The van der Waals surface area contributed by atoms with E-state index in [2.05, 4.69) is 11.6 Å². The van der Waals surface area contributed by atoms with E-state index in [1.165, 1.54) is 15.6 Å². The van der Waals surface area contributed by atoms with Gasteiger partial charge in [0.15, 0.2) is 4.80 Å². The van der Waals surface area contributed by atoms with Crippen molar-refractivity contribution in [2.45, 2.75) is 36.1 Å². The largest absolute Gasteiger partial charge is 0.497 e. The van der Waals surface area contributed by atoms with Gasteiger partial charge in [0.05, 0.1) is 17.3 Å². The summed E-state index contributed by atoms with van der Waals surface area (Å²) in [6.45, 7) is 4.61. The number of fused-ring (bicyclic) bond motifs is 1. The summed E-state index contributed by atoms with van der Waals surface area (Å²) >= 11 is 2.53. The summed E-state index contributed by atoms with van der Waals surface area (Å²) in [5.41, 5.74) is 0.920. The molecule has 1 unspecified atom stereocenters. The molecular weight excluding hydrogens is 454 g/mol. The molecule has 1 saturated heterocycles. The van der Waals surface area contributed by atoms with Gasteiger partial charge in [-0.25, -0.2) is 8.42 Å². The molecule has 0 bridgehead atoms. The van der Waals surface area contributed by atoms with Gasteiger partial charge in [0.25, 0.3) is 15.9 Å². The van der Waals surface area contributed by atoms with E-state index in [-0.39, 0.29) is 4.21 Å². The topological polar surface area (TPSA) is 81.0 Å². The van der Waals surface area contributed by atoms with Crippen molar-refractivity contribution in [2.75, 3.05) is 13.7 Å². The summed E-state index contributed by atoms with van der Waals surface area (Å²) in [6.07, 6.45) is 3.73. The Morgan fingerprint density at radius 2 is 2.19 bits per heavy atom. The van der Waals surface area contributed by atoms with Crippen LogP contribution >= 0.6 is 22.7 Å². The standard InChI is InChI=1S/C21H23N3O4S3/c1-3-11-23-16-10-9-15(28-2)14-18(16)30-21(23)22-20(25)17-7-4-5-12-24(17)31(26,27)19-8-6-13-29-19/h3,6,8-10,13-14,17H,1,4-5,7,11-12H2,2H3. The summed E-state index contributed by atoms with van der Waals surface area (Å²) in [5.74, 6) is 0.286. The highest BCUT2D eigenvalue weighted by atomic mass is 32.2. The third kappa shape index (κ3) is 4.25. The van der Waals surface area contributed by atoms with E-state index in [1.807, 2.05) is 22.8 Å². The minimum Gasteiger partial charge on any atom is -0.497 e. The van der Waals surface area contributed by atoms with Crippen molar-refractivity contribution in [1.29, 1.82) is 0 Å².